The van der Waals surface area contributed by atoms with E-state index in [4.69, 9.17) is 4.74 Å². The Balaban J connectivity index is 1.20. The first-order chi connectivity index (χ1) is 16.8. The summed E-state index contributed by atoms with van der Waals surface area (Å²) in [6, 6.07) is 0. The second kappa shape index (κ2) is 10.4. The summed E-state index contributed by atoms with van der Waals surface area (Å²) in [5.74, 6) is 2.27. The van der Waals surface area contributed by atoms with Gasteiger partial charge >= 0.3 is 0 Å². The van der Waals surface area contributed by atoms with Crippen LogP contribution >= 0.6 is 0 Å². The summed E-state index contributed by atoms with van der Waals surface area (Å²) >= 11 is 0. The molecule has 4 heteroatoms. The molecule has 0 aromatic rings. The fourth-order valence-corrected chi connectivity index (χ4v) is 8.66. The first-order valence-corrected chi connectivity index (χ1v) is 14.6. The van der Waals surface area contributed by atoms with Crippen LogP contribution in [-0.2, 0) is 4.74 Å². The second-order valence-corrected chi connectivity index (χ2v) is 13.0. The molecule has 0 unspecified atom stereocenters. The fraction of sp³-hybridized carbons (Fsp3) is 0.806. The normalized spacial score (nSPS) is 41.1. The maximum atomic E-state index is 10.2. The van der Waals surface area contributed by atoms with Gasteiger partial charge in [-0.1, -0.05) is 56.6 Å². The van der Waals surface area contributed by atoms with Crippen LogP contribution in [0.15, 0.2) is 35.5 Å². The molecule has 0 bridgehead atoms. The van der Waals surface area contributed by atoms with Crippen LogP contribution in [0, 0.1) is 23.2 Å². The van der Waals surface area contributed by atoms with Crippen molar-refractivity contribution >= 4 is 0 Å². The van der Waals surface area contributed by atoms with Crippen LogP contribution in [0.2, 0.25) is 0 Å². The lowest BCUT2D eigenvalue weighted by molar-refractivity contribution is -0.106. The Labute approximate surface area is 213 Å². The van der Waals surface area contributed by atoms with Crippen molar-refractivity contribution in [2.24, 2.45) is 23.2 Å². The van der Waals surface area contributed by atoms with Gasteiger partial charge in [0.05, 0.1) is 24.4 Å². The van der Waals surface area contributed by atoms with Gasteiger partial charge in [0.25, 0.3) is 0 Å². The van der Waals surface area contributed by atoms with Crippen LogP contribution in [0.5, 0.6) is 0 Å². The van der Waals surface area contributed by atoms with Crippen molar-refractivity contribution in [2.45, 2.75) is 109 Å². The maximum absolute atomic E-state index is 10.2. The number of rotatable bonds is 5. The minimum absolute atomic E-state index is 0.182. The third kappa shape index (κ3) is 5.23. The minimum atomic E-state index is -0.605. The highest BCUT2D eigenvalue weighted by Crippen LogP contribution is 2.59. The zero-order valence-electron chi connectivity index (χ0n) is 22.3. The van der Waals surface area contributed by atoms with E-state index in [1.54, 1.807) is 5.57 Å². The maximum Gasteiger partial charge on any atom is 0.0809 e. The summed E-state index contributed by atoms with van der Waals surface area (Å²) in [5.41, 5.74) is 3.94. The summed E-state index contributed by atoms with van der Waals surface area (Å²) in [6.07, 6.45) is 17.7. The van der Waals surface area contributed by atoms with E-state index in [1.165, 1.54) is 70.8 Å². The van der Waals surface area contributed by atoms with Crippen molar-refractivity contribution in [2.75, 3.05) is 26.2 Å². The summed E-state index contributed by atoms with van der Waals surface area (Å²) < 4.78 is 6.26. The van der Waals surface area contributed by atoms with E-state index >= 15 is 0 Å². The number of aliphatic hydroxyl groups excluding tert-OH is 2. The Bertz CT molecular complexity index is 824. The molecule has 5 fully saturated rings. The van der Waals surface area contributed by atoms with Crippen molar-refractivity contribution < 1.29 is 14.9 Å². The number of nitrogens with zero attached hydrogens (tertiary/aromatic N) is 1. The third-order valence-corrected chi connectivity index (χ3v) is 10.8. The van der Waals surface area contributed by atoms with Crippen LogP contribution < -0.4 is 0 Å². The van der Waals surface area contributed by atoms with E-state index in [-0.39, 0.29) is 5.60 Å². The highest BCUT2D eigenvalue weighted by atomic mass is 16.5. The number of morpholine rings is 1. The summed E-state index contributed by atoms with van der Waals surface area (Å²) in [6.45, 7) is 13.4. The van der Waals surface area contributed by atoms with Crippen LogP contribution in [0.4, 0.5) is 0 Å². The van der Waals surface area contributed by atoms with Crippen molar-refractivity contribution in [3.63, 3.8) is 0 Å². The first kappa shape index (κ1) is 25.7. The van der Waals surface area contributed by atoms with Gasteiger partial charge in [0, 0.05) is 13.1 Å². The van der Waals surface area contributed by atoms with Gasteiger partial charge in [-0.25, -0.2) is 0 Å². The third-order valence-electron chi connectivity index (χ3n) is 10.8. The van der Waals surface area contributed by atoms with Gasteiger partial charge in [-0.3, -0.25) is 4.90 Å². The Morgan fingerprint density at radius 3 is 2.57 bits per heavy atom. The van der Waals surface area contributed by atoms with Crippen molar-refractivity contribution in [3.05, 3.63) is 35.5 Å². The smallest absolute Gasteiger partial charge is 0.0809 e. The summed E-state index contributed by atoms with van der Waals surface area (Å²) in [5, 5.41) is 20.4. The number of allylic oxidation sites excluding steroid dienone is 3. The van der Waals surface area contributed by atoms with E-state index in [2.05, 4.69) is 37.5 Å². The lowest BCUT2D eigenvalue weighted by atomic mass is 9.61. The molecule has 2 N–H and O–H groups in total. The molecule has 1 saturated heterocycles. The fourth-order valence-electron chi connectivity index (χ4n) is 8.66. The van der Waals surface area contributed by atoms with Crippen LogP contribution in [0.1, 0.15) is 90.9 Å². The molecule has 0 radical (unpaired) electrons. The molecule has 35 heavy (non-hydrogen) atoms. The Morgan fingerprint density at radius 1 is 1.09 bits per heavy atom. The van der Waals surface area contributed by atoms with Crippen molar-refractivity contribution in [3.8, 4) is 0 Å². The zero-order valence-corrected chi connectivity index (χ0v) is 22.3. The van der Waals surface area contributed by atoms with E-state index in [0.717, 1.165) is 37.1 Å². The number of hydrogen-bond donors (Lipinski definition) is 2. The minimum Gasteiger partial charge on any atom is -0.388 e. The number of ether oxygens (including phenoxy) is 1. The molecule has 0 amide bonds. The average molecular weight is 484 g/mol. The molecule has 1 aliphatic heterocycles. The highest BCUT2D eigenvalue weighted by molar-refractivity contribution is 5.29. The van der Waals surface area contributed by atoms with E-state index in [1.807, 2.05) is 0 Å². The number of fused-ring (bicyclic) bond motifs is 1. The van der Waals surface area contributed by atoms with Gasteiger partial charge in [-0.05, 0) is 99.5 Å². The lowest BCUT2D eigenvalue weighted by Crippen LogP contribution is -2.50. The topological polar surface area (TPSA) is 52.9 Å². The molecule has 6 atom stereocenters. The van der Waals surface area contributed by atoms with Gasteiger partial charge < -0.3 is 14.9 Å². The molecule has 1 heterocycles. The molecule has 0 aromatic heterocycles. The lowest BCUT2D eigenvalue weighted by Gasteiger charge is -2.45. The largest absolute Gasteiger partial charge is 0.388 e. The number of hydrogen-bond acceptors (Lipinski definition) is 4. The standard InChI is InChI=1S/C31H49NO3/c1-22(12-16-32-17-18-35-31(21-32)14-4-5-15-31)26-10-11-27-25(7-6-13-30(26,27)3)9-8-24-19-28(33)23(2)29(34)20-24/h8-9,22,26-29,33-34H,2,4-7,10-21H2,1,3H3/b24-8?,25-9+/t22-,26-,27+,28-,29+,30-/m1/s1. The summed E-state index contributed by atoms with van der Waals surface area (Å²) in [7, 11) is 0. The van der Waals surface area contributed by atoms with Crippen LogP contribution in [0.25, 0.3) is 0 Å². The zero-order chi connectivity index (χ0) is 24.6. The van der Waals surface area contributed by atoms with Gasteiger partial charge in [0.1, 0.15) is 0 Å². The summed E-state index contributed by atoms with van der Waals surface area (Å²) in [4.78, 5) is 2.71. The molecule has 4 nitrogen and oxygen atoms in total. The van der Waals surface area contributed by atoms with Crippen molar-refractivity contribution in [1.29, 1.82) is 0 Å². The van der Waals surface area contributed by atoms with Crippen molar-refractivity contribution in [1.82, 2.24) is 4.90 Å². The second-order valence-electron chi connectivity index (χ2n) is 13.0. The molecule has 5 rings (SSSR count). The van der Waals surface area contributed by atoms with Gasteiger partial charge in [0.15, 0.2) is 0 Å². The van der Waals surface area contributed by atoms with Gasteiger partial charge in [0.2, 0.25) is 0 Å². The SMILES string of the molecule is C=C1[C@H](O)CC(=C/C=C2\CCC[C@]3(C)[C@@H]([C@H](C)CCN4CCOC5(CCCC5)C4)CC[C@@H]23)C[C@@H]1O. The molecular formula is C31H49NO3. The van der Waals surface area contributed by atoms with Crippen LogP contribution in [-0.4, -0.2) is 59.2 Å². The molecule has 4 aliphatic carbocycles. The monoisotopic (exact) mass is 483 g/mol. The molecule has 4 saturated carbocycles. The molecule has 1 spiro atoms. The van der Waals surface area contributed by atoms with Gasteiger partial charge in [-0.15, -0.1) is 0 Å². The Hall–Kier alpha value is -0.940. The molecule has 5 aliphatic rings. The van der Waals surface area contributed by atoms with E-state index in [0.29, 0.717) is 29.7 Å². The quantitative estimate of drug-likeness (QED) is 0.485. The first-order valence-electron chi connectivity index (χ1n) is 14.6. The Kier molecular flexibility index (Phi) is 7.66. The predicted octanol–water partition coefficient (Wildman–Crippen LogP) is 5.80. The Morgan fingerprint density at radius 2 is 1.83 bits per heavy atom. The average Bonchev–Trinajstić information content (AvgIpc) is 3.43. The predicted molar refractivity (Wildman–Crippen MR) is 142 cm³/mol. The molecule has 196 valence electrons. The highest BCUT2D eigenvalue weighted by Gasteiger charge is 2.50. The van der Waals surface area contributed by atoms with Crippen LogP contribution in [0.3, 0.4) is 0 Å². The van der Waals surface area contributed by atoms with E-state index in [9.17, 15) is 10.2 Å². The van der Waals surface area contributed by atoms with Gasteiger partial charge in [-0.2, -0.15) is 0 Å². The molecular weight excluding hydrogens is 434 g/mol. The van der Waals surface area contributed by atoms with E-state index < -0.39 is 12.2 Å². The number of aliphatic hydroxyl groups is 2. The molecule has 0 aromatic carbocycles.